The van der Waals surface area contributed by atoms with Gasteiger partial charge in [-0.05, 0) is 36.5 Å². The average Bonchev–Trinajstić information content (AvgIpc) is 2.80. The molecule has 4 nitrogen and oxygen atoms in total. The van der Waals surface area contributed by atoms with Gasteiger partial charge in [-0.15, -0.1) is 0 Å². The summed E-state index contributed by atoms with van der Waals surface area (Å²) < 4.78 is 0. The first kappa shape index (κ1) is 13.0. The van der Waals surface area contributed by atoms with E-state index in [9.17, 15) is 4.79 Å². The van der Waals surface area contributed by atoms with E-state index in [1.165, 1.54) is 0 Å². The molecule has 0 atom stereocenters. The lowest BCUT2D eigenvalue weighted by Gasteiger charge is -2.36. The predicted molar refractivity (Wildman–Crippen MR) is 81.6 cm³/mol. The van der Waals surface area contributed by atoms with Crippen molar-refractivity contribution in [1.29, 1.82) is 0 Å². The molecule has 1 amide bonds. The van der Waals surface area contributed by atoms with Crippen LogP contribution in [0.5, 0.6) is 0 Å². The maximum atomic E-state index is 12.6. The first-order chi connectivity index (χ1) is 9.46. The van der Waals surface area contributed by atoms with Crippen molar-refractivity contribution in [2.75, 3.05) is 18.8 Å². The Hall–Kier alpha value is -1.97. The second kappa shape index (κ2) is 4.54. The van der Waals surface area contributed by atoms with Crippen LogP contribution < -0.4 is 5.73 Å². The highest BCUT2D eigenvalue weighted by atomic mass is 16.2. The van der Waals surface area contributed by atoms with Gasteiger partial charge in [-0.3, -0.25) is 4.79 Å². The van der Waals surface area contributed by atoms with E-state index in [-0.39, 0.29) is 5.91 Å². The standard InChI is InChI=1S/C16H21N3O/c1-16(2)5-7-19(8-6-16)15(20)13-10-18-14-9-11(17)3-4-12(13)14/h3-4,9-10,18H,5-8,17H2,1-2H3. The molecule has 0 bridgehead atoms. The number of aromatic nitrogens is 1. The van der Waals surface area contributed by atoms with Gasteiger partial charge in [0, 0.05) is 35.9 Å². The van der Waals surface area contributed by atoms with Crippen molar-refractivity contribution in [2.24, 2.45) is 5.41 Å². The summed E-state index contributed by atoms with van der Waals surface area (Å²) in [5.74, 6) is 0.122. The third-order valence-electron chi connectivity index (χ3n) is 4.34. The van der Waals surface area contributed by atoms with E-state index in [0.29, 0.717) is 11.1 Å². The number of carbonyl (C=O) groups is 1. The highest BCUT2D eigenvalue weighted by Crippen LogP contribution is 2.31. The number of fused-ring (bicyclic) bond motifs is 1. The number of nitrogen functional groups attached to an aromatic ring is 1. The molecule has 0 radical (unpaired) electrons. The highest BCUT2D eigenvalue weighted by molar-refractivity contribution is 6.07. The van der Waals surface area contributed by atoms with Crippen LogP contribution in [0.1, 0.15) is 37.0 Å². The van der Waals surface area contributed by atoms with E-state index >= 15 is 0 Å². The van der Waals surface area contributed by atoms with Crippen LogP contribution in [0.2, 0.25) is 0 Å². The average molecular weight is 271 g/mol. The van der Waals surface area contributed by atoms with Crippen molar-refractivity contribution >= 4 is 22.5 Å². The first-order valence-electron chi connectivity index (χ1n) is 7.12. The van der Waals surface area contributed by atoms with E-state index in [1.54, 1.807) is 6.20 Å². The Labute approximate surface area is 118 Å². The first-order valence-corrected chi connectivity index (χ1v) is 7.12. The van der Waals surface area contributed by atoms with E-state index in [2.05, 4.69) is 18.8 Å². The lowest BCUT2D eigenvalue weighted by atomic mass is 9.82. The zero-order valence-corrected chi connectivity index (χ0v) is 12.1. The maximum absolute atomic E-state index is 12.6. The number of amides is 1. The molecule has 1 aliphatic rings. The minimum atomic E-state index is 0.122. The molecule has 20 heavy (non-hydrogen) atoms. The largest absolute Gasteiger partial charge is 0.399 e. The third-order valence-corrected chi connectivity index (χ3v) is 4.34. The van der Waals surface area contributed by atoms with Crippen molar-refractivity contribution in [3.8, 4) is 0 Å². The van der Waals surface area contributed by atoms with Crippen LogP contribution in [-0.4, -0.2) is 28.9 Å². The molecule has 1 aromatic heterocycles. The number of hydrogen-bond acceptors (Lipinski definition) is 2. The Morgan fingerprint density at radius 1 is 1.30 bits per heavy atom. The number of hydrogen-bond donors (Lipinski definition) is 2. The smallest absolute Gasteiger partial charge is 0.256 e. The normalized spacial score (nSPS) is 18.4. The fourth-order valence-corrected chi connectivity index (χ4v) is 2.81. The zero-order chi connectivity index (χ0) is 14.3. The van der Waals surface area contributed by atoms with Crippen LogP contribution in [0.3, 0.4) is 0 Å². The highest BCUT2D eigenvalue weighted by Gasteiger charge is 2.29. The van der Waals surface area contributed by atoms with Crippen LogP contribution in [0, 0.1) is 5.41 Å². The number of piperidine rings is 1. The van der Waals surface area contributed by atoms with Gasteiger partial charge in [0.25, 0.3) is 5.91 Å². The molecule has 2 heterocycles. The fraction of sp³-hybridized carbons (Fsp3) is 0.438. The number of carbonyl (C=O) groups excluding carboxylic acids is 1. The van der Waals surface area contributed by atoms with E-state index in [1.807, 2.05) is 23.1 Å². The maximum Gasteiger partial charge on any atom is 0.256 e. The van der Waals surface area contributed by atoms with Crippen LogP contribution in [0.15, 0.2) is 24.4 Å². The van der Waals surface area contributed by atoms with Crippen LogP contribution in [0.4, 0.5) is 5.69 Å². The van der Waals surface area contributed by atoms with Gasteiger partial charge >= 0.3 is 0 Å². The summed E-state index contributed by atoms with van der Waals surface area (Å²) in [6.07, 6.45) is 3.92. The summed E-state index contributed by atoms with van der Waals surface area (Å²) in [5.41, 5.74) is 8.50. The second-order valence-electron chi connectivity index (χ2n) is 6.46. The van der Waals surface area contributed by atoms with Crippen LogP contribution in [0.25, 0.3) is 10.9 Å². The molecule has 2 aromatic rings. The molecule has 4 heteroatoms. The summed E-state index contributed by atoms with van der Waals surface area (Å²) in [7, 11) is 0. The van der Waals surface area contributed by atoms with Crippen molar-refractivity contribution in [1.82, 2.24) is 9.88 Å². The molecule has 0 saturated carbocycles. The molecular weight excluding hydrogens is 250 g/mol. The number of benzene rings is 1. The zero-order valence-electron chi connectivity index (χ0n) is 12.1. The van der Waals surface area contributed by atoms with Gasteiger partial charge in [0.15, 0.2) is 0 Å². The minimum absolute atomic E-state index is 0.122. The molecule has 0 aliphatic carbocycles. The predicted octanol–water partition coefficient (Wildman–Crippen LogP) is 3.01. The summed E-state index contributed by atoms with van der Waals surface area (Å²) >= 11 is 0. The molecule has 1 aromatic carbocycles. The lowest BCUT2D eigenvalue weighted by molar-refractivity contribution is 0.0632. The topological polar surface area (TPSA) is 62.1 Å². The summed E-state index contributed by atoms with van der Waals surface area (Å²) in [4.78, 5) is 17.7. The summed E-state index contributed by atoms with van der Waals surface area (Å²) in [6.45, 7) is 6.22. The lowest BCUT2D eigenvalue weighted by Crippen LogP contribution is -2.41. The number of anilines is 1. The number of rotatable bonds is 1. The number of likely N-dealkylation sites (tertiary alicyclic amines) is 1. The molecule has 1 saturated heterocycles. The Kier molecular flexibility index (Phi) is 2.96. The molecule has 1 fully saturated rings. The Balaban J connectivity index is 1.86. The van der Waals surface area contributed by atoms with Gasteiger partial charge in [-0.1, -0.05) is 13.8 Å². The van der Waals surface area contributed by atoms with Gasteiger partial charge in [-0.25, -0.2) is 0 Å². The van der Waals surface area contributed by atoms with Gasteiger partial charge in [0.2, 0.25) is 0 Å². The SMILES string of the molecule is CC1(C)CCN(C(=O)c2c[nH]c3cc(N)ccc23)CC1. The van der Waals surface area contributed by atoms with Gasteiger partial charge < -0.3 is 15.6 Å². The number of H-pyrrole nitrogens is 1. The van der Waals surface area contributed by atoms with Crippen molar-refractivity contribution in [3.05, 3.63) is 30.0 Å². The van der Waals surface area contributed by atoms with E-state index in [4.69, 9.17) is 5.73 Å². The summed E-state index contributed by atoms with van der Waals surface area (Å²) in [5, 5.41) is 0.953. The van der Waals surface area contributed by atoms with Crippen LogP contribution >= 0.6 is 0 Å². The molecule has 0 spiro atoms. The van der Waals surface area contributed by atoms with E-state index < -0.39 is 0 Å². The van der Waals surface area contributed by atoms with E-state index in [0.717, 1.165) is 42.4 Å². The molecule has 3 N–H and O–H groups in total. The van der Waals surface area contributed by atoms with Crippen molar-refractivity contribution in [2.45, 2.75) is 26.7 Å². The van der Waals surface area contributed by atoms with Gasteiger partial charge in [-0.2, -0.15) is 0 Å². The molecule has 1 aliphatic heterocycles. The molecular formula is C16H21N3O. The number of nitrogens with one attached hydrogen (secondary N) is 1. The van der Waals surface area contributed by atoms with Gasteiger partial charge in [0.1, 0.15) is 0 Å². The number of nitrogens with two attached hydrogens (primary N) is 1. The third kappa shape index (κ3) is 2.26. The van der Waals surface area contributed by atoms with Gasteiger partial charge in [0.05, 0.1) is 5.56 Å². The number of aromatic amines is 1. The Bertz CT molecular complexity index is 647. The minimum Gasteiger partial charge on any atom is -0.399 e. The number of nitrogens with zero attached hydrogens (tertiary/aromatic N) is 1. The van der Waals surface area contributed by atoms with Crippen LogP contribution in [-0.2, 0) is 0 Å². The Morgan fingerprint density at radius 2 is 2.00 bits per heavy atom. The molecule has 106 valence electrons. The monoisotopic (exact) mass is 271 g/mol. The van der Waals surface area contributed by atoms with Crippen molar-refractivity contribution in [3.63, 3.8) is 0 Å². The van der Waals surface area contributed by atoms with Crippen molar-refractivity contribution < 1.29 is 4.79 Å². The fourth-order valence-electron chi connectivity index (χ4n) is 2.81. The molecule has 0 unspecified atom stereocenters. The molecule has 3 rings (SSSR count). The quantitative estimate of drug-likeness (QED) is 0.783. The summed E-state index contributed by atoms with van der Waals surface area (Å²) in [6, 6.07) is 5.62. The second-order valence-corrected chi connectivity index (χ2v) is 6.46. The Morgan fingerprint density at radius 3 is 2.70 bits per heavy atom.